The van der Waals surface area contributed by atoms with Gasteiger partial charge >= 0.3 is 11.9 Å². The van der Waals surface area contributed by atoms with E-state index in [1.54, 1.807) is 5.92 Å². The standard InChI is InChI=1S/C6H6O3.C4H4O2/c1-5(7)3-4-6(8)9-2;1-3-4(5)6-2/h1-2H3;1H,2H3. The van der Waals surface area contributed by atoms with Crippen molar-refractivity contribution in [3.8, 4) is 24.2 Å². The first kappa shape index (κ1) is 15.2. The number of carbonyl (C=O) groups is 3. The maximum Gasteiger partial charge on any atom is 0.384 e. The number of Topliss-reactive ketones (excluding diaryl/α,β-unsaturated/α-hetero) is 1. The Morgan fingerprint density at radius 2 is 1.47 bits per heavy atom. The van der Waals surface area contributed by atoms with Crippen molar-refractivity contribution in [3.63, 3.8) is 0 Å². The van der Waals surface area contributed by atoms with Crippen LogP contribution in [-0.2, 0) is 23.9 Å². The lowest BCUT2D eigenvalue weighted by atomic mass is 10.4. The molecule has 0 rings (SSSR count). The summed E-state index contributed by atoms with van der Waals surface area (Å²) in [5.74, 6) is 4.09. The Bertz CT molecular complexity index is 337. The van der Waals surface area contributed by atoms with E-state index in [4.69, 9.17) is 0 Å². The summed E-state index contributed by atoms with van der Waals surface area (Å²) in [6.07, 6.45) is 4.56. The van der Waals surface area contributed by atoms with Crippen LogP contribution in [0.3, 0.4) is 0 Å². The smallest absolute Gasteiger partial charge is 0.384 e. The Morgan fingerprint density at radius 1 is 1.00 bits per heavy atom. The molecule has 0 aliphatic rings. The summed E-state index contributed by atoms with van der Waals surface area (Å²) in [6, 6.07) is 0. The van der Waals surface area contributed by atoms with Crippen molar-refractivity contribution in [2.24, 2.45) is 0 Å². The van der Waals surface area contributed by atoms with Crippen LogP contribution in [-0.4, -0.2) is 31.9 Å². The zero-order valence-corrected chi connectivity index (χ0v) is 8.62. The van der Waals surface area contributed by atoms with Crippen molar-refractivity contribution in [2.45, 2.75) is 6.92 Å². The molecule has 0 amide bonds. The van der Waals surface area contributed by atoms with Crippen molar-refractivity contribution in [2.75, 3.05) is 14.2 Å². The van der Waals surface area contributed by atoms with E-state index in [-0.39, 0.29) is 5.78 Å². The third kappa shape index (κ3) is 14.6. The molecule has 0 heterocycles. The largest absolute Gasteiger partial charge is 0.459 e. The fourth-order valence-electron chi connectivity index (χ4n) is 0.249. The highest BCUT2D eigenvalue weighted by molar-refractivity contribution is 6.00. The summed E-state index contributed by atoms with van der Waals surface area (Å²) < 4.78 is 8.16. The minimum Gasteiger partial charge on any atom is -0.459 e. The van der Waals surface area contributed by atoms with Gasteiger partial charge in [-0.05, 0) is 5.92 Å². The molecule has 0 aliphatic carbocycles. The first-order chi connectivity index (χ1) is 6.97. The molecule has 0 N–H and O–H groups in total. The molecule has 0 aromatic rings. The zero-order valence-electron chi connectivity index (χ0n) is 8.62. The second-order valence-corrected chi connectivity index (χ2v) is 1.93. The van der Waals surface area contributed by atoms with Gasteiger partial charge in [-0.1, -0.05) is 0 Å². The van der Waals surface area contributed by atoms with Gasteiger partial charge in [0, 0.05) is 18.8 Å². The van der Waals surface area contributed by atoms with Crippen LogP contribution in [0, 0.1) is 24.2 Å². The summed E-state index contributed by atoms with van der Waals surface area (Å²) >= 11 is 0. The maximum atomic E-state index is 10.2. The molecule has 5 nitrogen and oxygen atoms in total. The van der Waals surface area contributed by atoms with Crippen molar-refractivity contribution in [1.29, 1.82) is 0 Å². The molecule has 0 aromatic heterocycles. The molecule has 0 unspecified atom stereocenters. The predicted molar refractivity (Wildman–Crippen MR) is 51.3 cm³/mol. The molecule has 15 heavy (non-hydrogen) atoms. The van der Waals surface area contributed by atoms with Crippen LogP contribution in [0.25, 0.3) is 0 Å². The van der Waals surface area contributed by atoms with Crippen LogP contribution in [0.5, 0.6) is 0 Å². The summed E-state index contributed by atoms with van der Waals surface area (Å²) in [4.78, 5) is 30.0. The Balaban J connectivity index is 0. The number of rotatable bonds is 0. The number of ether oxygens (including phenoxy) is 2. The van der Waals surface area contributed by atoms with Crippen molar-refractivity contribution in [3.05, 3.63) is 0 Å². The minimum absolute atomic E-state index is 0.347. The molecule has 0 bridgehead atoms. The molecule has 80 valence electrons. The van der Waals surface area contributed by atoms with E-state index < -0.39 is 11.9 Å². The number of methoxy groups -OCH3 is 2. The fourth-order valence-corrected chi connectivity index (χ4v) is 0.249. The summed E-state index contributed by atoms with van der Waals surface area (Å²) in [6.45, 7) is 1.27. The van der Waals surface area contributed by atoms with Gasteiger partial charge in [0.15, 0.2) is 0 Å². The first-order valence-corrected chi connectivity index (χ1v) is 3.63. The van der Waals surface area contributed by atoms with Gasteiger partial charge < -0.3 is 9.47 Å². The molecule has 0 atom stereocenters. The number of esters is 2. The molecule has 0 saturated heterocycles. The Kier molecular flexibility index (Phi) is 9.95. The third-order valence-corrected chi connectivity index (χ3v) is 0.829. The maximum absolute atomic E-state index is 10.2. The average Bonchev–Trinajstić information content (AvgIpc) is 2.25. The first-order valence-electron chi connectivity index (χ1n) is 3.63. The quantitative estimate of drug-likeness (QED) is 0.234. The minimum atomic E-state index is -0.690. The van der Waals surface area contributed by atoms with E-state index in [0.29, 0.717) is 0 Å². The van der Waals surface area contributed by atoms with Crippen molar-refractivity contribution in [1.82, 2.24) is 0 Å². The van der Waals surface area contributed by atoms with E-state index in [1.165, 1.54) is 21.1 Å². The molecule has 0 aromatic carbocycles. The SMILES string of the molecule is C#CC(=O)OC.COC(=O)C#CC(C)=O. The highest BCUT2D eigenvalue weighted by Crippen LogP contribution is 1.68. The van der Waals surface area contributed by atoms with E-state index in [9.17, 15) is 14.4 Å². The summed E-state index contributed by atoms with van der Waals surface area (Å²) in [5.41, 5.74) is 0. The van der Waals surface area contributed by atoms with Gasteiger partial charge in [-0.3, -0.25) is 4.79 Å². The van der Waals surface area contributed by atoms with Crippen molar-refractivity contribution < 1.29 is 23.9 Å². The summed E-state index contributed by atoms with van der Waals surface area (Å²) in [7, 11) is 2.44. The average molecular weight is 210 g/mol. The van der Waals surface area contributed by atoms with Gasteiger partial charge in [-0.2, -0.15) is 0 Å². The topological polar surface area (TPSA) is 69.7 Å². The second-order valence-electron chi connectivity index (χ2n) is 1.93. The van der Waals surface area contributed by atoms with Gasteiger partial charge in [-0.15, -0.1) is 6.42 Å². The normalized spacial score (nSPS) is 6.53. The Labute approximate surface area is 87.7 Å². The number of hydrogen-bond donors (Lipinski definition) is 0. The van der Waals surface area contributed by atoms with E-state index in [0.717, 1.165) is 0 Å². The molecule has 0 fully saturated rings. The fraction of sp³-hybridized carbons (Fsp3) is 0.300. The van der Waals surface area contributed by atoms with E-state index >= 15 is 0 Å². The number of terminal acetylenes is 1. The zero-order chi connectivity index (χ0) is 12.3. The lowest BCUT2D eigenvalue weighted by Crippen LogP contribution is -1.95. The van der Waals surface area contributed by atoms with Crippen LogP contribution in [0.4, 0.5) is 0 Å². The highest BCUT2D eigenvalue weighted by atomic mass is 16.5. The van der Waals surface area contributed by atoms with E-state index in [1.807, 2.05) is 11.8 Å². The lowest BCUT2D eigenvalue weighted by Gasteiger charge is -1.81. The van der Waals surface area contributed by atoms with Crippen LogP contribution in [0.2, 0.25) is 0 Å². The van der Waals surface area contributed by atoms with Crippen LogP contribution in [0.1, 0.15) is 6.92 Å². The Morgan fingerprint density at radius 3 is 1.67 bits per heavy atom. The highest BCUT2D eigenvalue weighted by Gasteiger charge is 1.88. The molecular formula is C10H10O5. The molecular weight excluding hydrogens is 200 g/mol. The molecule has 5 heteroatoms. The molecule has 0 saturated carbocycles. The van der Waals surface area contributed by atoms with Gasteiger partial charge in [0.25, 0.3) is 0 Å². The van der Waals surface area contributed by atoms with Gasteiger partial charge in [0.2, 0.25) is 5.78 Å². The lowest BCUT2D eigenvalue weighted by molar-refractivity contribution is -0.134. The molecule has 0 aliphatic heterocycles. The molecule has 0 radical (unpaired) electrons. The number of ketones is 1. The van der Waals surface area contributed by atoms with Crippen LogP contribution >= 0.6 is 0 Å². The monoisotopic (exact) mass is 210 g/mol. The van der Waals surface area contributed by atoms with Gasteiger partial charge in [-0.25, -0.2) is 9.59 Å². The summed E-state index contributed by atoms with van der Waals surface area (Å²) in [5, 5.41) is 0. The van der Waals surface area contributed by atoms with Crippen molar-refractivity contribution >= 4 is 17.7 Å². The predicted octanol–water partition coefficient (Wildman–Crippen LogP) is -0.456. The Hall–Kier alpha value is -2.27. The molecule has 0 spiro atoms. The number of carbonyl (C=O) groups excluding carboxylic acids is 3. The third-order valence-electron chi connectivity index (χ3n) is 0.829. The van der Waals surface area contributed by atoms with Crippen LogP contribution in [0.15, 0.2) is 0 Å². The van der Waals surface area contributed by atoms with Crippen LogP contribution < -0.4 is 0 Å². The van der Waals surface area contributed by atoms with Gasteiger partial charge in [0.1, 0.15) is 0 Å². The number of hydrogen-bond acceptors (Lipinski definition) is 5. The van der Waals surface area contributed by atoms with Gasteiger partial charge in [0.05, 0.1) is 14.2 Å². The second kappa shape index (κ2) is 9.82. The van der Waals surface area contributed by atoms with E-state index in [2.05, 4.69) is 15.9 Å².